The highest BCUT2D eigenvalue weighted by Crippen LogP contribution is 2.25. The summed E-state index contributed by atoms with van der Waals surface area (Å²) in [5.41, 5.74) is 4.19. The van der Waals surface area contributed by atoms with Crippen molar-refractivity contribution in [3.05, 3.63) is 42.3 Å². The molecule has 0 aliphatic carbocycles. The topological polar surface area (TPSA) is 87.7 Å². The van der Waals surface area contributed by atoms with Crippen LogP contribution >= 0.6 is 0 Å². The van der Waals surface area contributed by atoms with Crippen LogP contribution in [0, 0.1) is 12.3 Å². The fourth-order valence-electron chi connectivity index (χ4n) is 2.90. The van der Waals surface area contributed by atoms with Crippen molar-refractivity contribution < 1.29 is 14.3 Å². The van der Waals surface area contributed by atoms with Crippen LogP contribution in [0.1, 0.15) is 31.7 Å². The number of carbonyl (C=O) groups excluding carboxylic acids is 1. The SMILES string of the molecule is CC(F)(CCC(CC(O)[CH]Cc1ccccc1)C1=NCCN1)C(N)=O. The first kappa shape index (κ1) is 19.4. The number of amidine groups is 1. The number of alkyl halides is 1. The monoisotopic (exact) mass is 348 g/mol. The summed E-state index contributed by atoms with van der Waals surface area (Å²) in [6.07, 6.45) is 2.73. The number of aliphatic imine (C=N–C) groups is 1. The third-order valence-electron chi connectivity index (χ3n) is 4.56. The van der Waals surface area contributed by atoms with Gasteiger partial charge in [-0.25, -0.2) is 4.39 Å². The average Bonchev–Trinajstić information content (AvgIpc) is 3.12. The minimum Gasteiger partial charge on any atom is -0.393 e. The quantitative estimate of drug-likeness (QED) is 0.602. The highest BCUT2D eigenvalue weighted by Gasteiger charge is 2.33. The van der Waals surface area contributed by atoms with Crippen LogP contribution in [-0.4, -0.2) is 41.7 Å². The highest BCUT2D eigenvalue weighted by molar-refractivity contribution is 5.86. The van der Waals surface area contributed by atoms with E-state index in [2.05, 4.69) is 10.3 Å². The number of nitrogens with two attached hydrogens (primary N) is 1. The molecular formula is C19H27FN3O2. The molecule has 3 unspecified atom stereocenters. The molecule has 2 rings (SSSR count). The highest BCUT2D eigenvalue weighted by atomic mass is 19.1. The number of hydrogen-bond donors (Lipinski definition) is 3. The van der Waals surface area contributed by atoms with Gasteiger partial charge in [0.1, 0.15) is 0 Å². The standard InChI is InChI=1S/C19H27FN3O2/c1-19(20,18(21)25)10-9-15(17-22-11-12-23-17)13-16(24)8-7-14-5-3-2-4-6-14/h2-6,8,15-16,24H,7,9-13H2,1H3,(H2,21,25)(H,22,23). The molecule has 3 atom stereocenters. The predicted molar refractivity (Wildman–Crippen MR) is 96.8 cm³/mol. The molecule has 0 aromatic heterocycles. The van der Waals surface area contributed by atoms with Gasteiger partial charge in [-0.2, -0.15) is 0 Å². The largest absolute Gasteiger partial charge is 0.393 e. The number of aliphatic hydroxyl groups excluding tert-OH is 1. The Morgan fingerprint density at radius 2 is 2.20 bits per heavy atom. The molecule has 25 heavy (non-hydrogen) atoms. The van der Waals surface area contributed by atoms with E-state index in [0.717, 1.165) is 17.9 Å². The molecule has 4 N–H and O–H groups in total. The lowest BCUT2D eigenvalue weighted by molar-refractivity contribution is -0.128. The van der Waals surface area contributed by atoms with Crippen molar-refractivity contribution in [1.82, 2.24) is 5.32 Å². The lowest BCUT2D eigenvalue weighted by atomic mass is 9.88. The van der Waals surface area contributed by atoms with Crippen molar-refractivity contribution in [1.29, 1.82) is 0 Å². The Labute approximate surface area is 148 Å². The number of nitrogens with zero attached hydrogens (tertiary/aromatic N) is 1. The van der Waals surface area contributed by atoms with Gasteiger partial charge in [-0.15, -0.1) is 0 Å². The van der Waals surface area contributed by atoms with Gasteiger partial charge in [0.05, 0.1) is 18.5 Å². The molecule has 1 heterocycles. The first-order valence-electron chi connectivity index (χ1n) is 8.71. The Morgan fingerprint density at radius 3 is 2.80 bits per heavy atom. The molecule has 0 spiro atoms. The minimum absolute atomic E-state index is 0.0130. The van der Waals surface area contributed by atoms with Crippen LogP contribution in [0.2, 0.25) is 0 Å². The Bertz CT molecular complexity index is 590. The van der Waals surface area contributed by atoms with E-state index in [0.29, 0.717) is 25.8 Å². The molecule has 0 bridgehead atoms. The molecule has 1 aromatic rings. The molecule has 5 nitrogen and oxygen atoms in total. The van der Waals surface area contributed by atoms with Crippen molar-refractivity contribution in [2.24, 2.45) is 16.6 Å². The Morgan fingerprint density at radius 1 is 1.48 bits per heavy atom. The van der Waals surface area contributed by atoms with Crippen molar-refractivity contribution in [3.8, 4) is 0 Å². The number of amides is 1. The van der Waals surface area contributed by atoms with Crippen LogP contribution in [0.4, 0.5) is 4.39 Å². The summed E-state index contributed by atoms with van der Waals surface area (Å²) >= 11 is 0. The summed E-state index contributed by atoms with van der Waals surface area (Å²) < 4.78 is 14.2. The zero-order valence-electron chi connectivity index (χ0n) is 14.6. The average molecular weight is 348 g/mol. The van der Waals surface area contributed by atoms with Gasteiger partial charge in [-0.05, 0) is 44.6 Å². The van der Waals surface area contributed by atoms with Crippen molar-refractivity contribution in [3.63, 3.8) is 0 Å². The molecule has 1 aliphatic rings. The molecule has 0 saturated heterocycles. The number of primary amides is 1. The fourth-order valence-corrected chi connectivity index (χ4v) is 2.90. The normalized spacial score (nSPS) is 18.8. The molecular weight excluding hydrogens is 321 g/mol. The van der Waals surface area contributed by atoms with Crippen LogP contribution in [-0.2, 0) is 11.2 Å². The van der Waals surface area contributed by atoms with Crippen LogP contribution in [0.25, 0.3) is 0 Å². The zero-order chi connectivity index (χ0) is 18.3. The van der Waals surface area contributed by atoms with Gasteiger partial charge in [-0.1, -0.05) is 30.3 Å². The maximum absolute atomic E-state index is 14.2. The van der Waals surface area contributed by atoms with Gasteiger partial charge < -0.3 is 16.2 Å². The number of nitrogens with one attached hydrogen (secondary N) is 1. The van der Waals surface area contributed by atoms with Gasteiger partial charge in [0.15, 0.2) is 5.67 Å². The third-order valence-corrected chi connectivity index (χ3v) is 4.56. The van der Waals surface area contributed by atoms with E-state index in [9.17, 15) is 14.3 Å². The molecule has 0 saturated carbocycles. The first-order valence-corrected chi connectivity index (χ1v) is 8.71. The Hall–Kier alpha value is -1.95. The van der Waals surface area contributed by atoms with E-state index in [-0.39, 0.29) is 12.3 Å². The first-order chi connectivity index (χ1) is 11.9. The third kappa shape index (κ3) is 6.12. The molecule has 1 aromatic carbocycles. The molecule has 1 aliphatic heterocycles. The molecule has 1 radical (unpaired) electrons. The second kappa shape index (κ2) is 8.94. The van der Waals surface area contributed by atoms with Gasteiger partial charge in [0.2, 0.25) is 0 Å². The van der Waals surface area contributed by atoms with Crippen LogP contribution < -0.4 is 11.1 Å². The van der Waals surface area contributed by atoms with Crippen LogP contribution in [0.15, 0.2) is 35.3 Å². The minimum atomic E-state index is -2.05. The molecule has 137 valence electrons. The van der Waals surface area contributed by atoms with E-state index in [1.165, 1.54) is 6.92 Å². The van der Waals surface area contributed by atoms with Gasteiger partial charge in [-0.3, -0.25) is 9.79 Å². The van der Waals surface area contributed by atoms with Gasteiger partial charge in [0.25, 0.3) is 5.91 Å². The summed E-state index contributed by atoms with van der Waals surface area (Å²) in [5.74, 6) is -0.296. The predicted octanol–water partition coefficient (Wildman–Crippen LogP) is 1.80. The Balaban J connectivity index is 1.90. The summed E-state index contributed by atoms with van der Waals surface area (Å²) in [6.45, 7) is 2.63. The van der Waals surface area contributed by atoms with Gasteiger partial charge in [0, 0.05) is 12.5 Å². The van der Waals surface area contributed by atoms with Crippen molar-refractivity contribution in [2.75, 3.05) is 13.1 Å². The van der Waals surface area contributed by atoms with Crippen molar-refractivity contribution >= 4 is 11.7 Å². The zero-order valence-corrected chi connectivity index (χ0v) is 14.6. The van der Waals surface area contributed by atoms with E-state index in [1.807, 2.05) is 36.8 Å². The molecule has 1 amide bonds. The second-order valence-electron chi connectivity index (χ2n) is 6.72. The lowest BCUT2D eigenvalue weighted by Gasteiger charge is -2.24. The summed E-state index contributed by atoms with van der Waals surface area (Å²) in [7, 11) is 0. The Kier molecular flexibility index (Phi) is 6.93. The number of halogens is 1. The fraction of sp³-hybridized carbons (Fsp3) is 0.526. The number of aliphatic hydroxyl groups is 1. The summed E-state index contributed by atoms with van der Waals surface area (Å²) in [4.78, 5) is 15.6. The second-order valence-corrected chi connectivity index (χ2v) is 6.72. The smallest absolute Gasteiger partial charge is 0.254 e. The summed E-state index contributed by atoms with van der Waals surface area (Å²) in [5, 5.41) is 13.5. The number of carbonyl (C=O) groups is 1. The van der Waals surface area contributed by atoms with Crippen molar-refractivity contribution in [2.45, 2.75) is 44.4 Å². The van der Waals surface area contributed by atoms with Crippen LogP contribution in [0.3, 0.4) is 0 Å². The number of rotatable bonds is 10. The summed E-state index contributed by atoms with van der Waals surface area (Å²) in [6, 6.07) is 9.88. The van der Waals surface area contributed by atoms with E-state index in [4.69, 9.17) is 5.73 Å². The van der Waals surface area contributed by atoms with Gasteiger partial charge >= 0.3 is 0 Å². The molecule has 6 heteroatoms. The lowest BCUT2D eigenvalue weighted by Crippen LogP contribution is -2.38. The van der Waals surface area contributed by atoms with Crippen LogP contribution in [0.5, 0.6) is 0 Å². The van der Waals surface area contributed by atoms with E-state index < -0.39 is 17.7 Å². The maximum Gasteiger partial charge on any atom is 0.254 e. The number of benzene rings is 1. The van der Waals surface area contributed by atoms with E-state index in [1.54, 1.807) is 0 Å². The number of hydrogen-bond acceptors (Lipinski definition) is 4. The van der Waals surface area contributed by atoms with E-state index >= 15 is 0 Å². The molecule has 0 fully saturated rings. The maximum atomic E-state index is 14.2.